The van der Waals surface area contributed by atoms with Crippen LogP contribution in [0.5, 0.6) is 0 Å². The van der Waals surface area contributed by atoms with Crippen LogP contribution in [0.4, 0.5) is 0 Å². The average Bonchev–Trinajstić information content (AvgIpc) is 2.49. The summed E-state index contributed by atoms with van der Waals surface area (Å²) in [5.74, 6) is -0.360. The molecule has 1 unspecified atom stereocenters. The molecule has 1 atom stereocenters. The third-order valence-corrected chi connectivity index (χ3v) is 3.43. The Kier molecular flexibility index (Phi) is 3.52. The van der Waals surface area contributed by atoms with Crippen molar-refractivity contribution < 1.29 is 9.59 Å². The number of nitrogens with zero attached hydrogens (tertiary/aromatic N) is 1. The van der Waals surface area contributed by atoms with Crippen LogP contribution in [-0.2, 0) is 9.59 Å². The highest BCUT2D eigenvalue weighted by Crippen LogP contribution is 2.17. The fraction of sp³-hybridized carbons (Fsp3) is 0.700. The van der Waals surface area contributed by atoms with Gasteiger partial charge in [-0.15, -0.1) is 0 Å². The average molecular weight is 243 g/mol. The number of hydrogen-bond acceptors (Lipinski definition) is 3. The number of likely N-dealkylation sites (tertiary alicyclic amines) is 1. The third-order valence-electron chi connectivity index (χ3n) is 2.92. The molecular weight excluding hydrogens is 226 g/mol. The monoisotopic (exact) mass is 243 g/mol. The maximum atomic E-state index is 11.9. The molecule has 90 valence electrons. The zero-order valence-corrected chi connectivity index (χ0v) is 10.6. The van der Waals surface area contributed by atoms with Gasteiger partial charge in [-0.3, -0.25) is 9.59 Å². The van der Waals surface area contributed by atoms with Gasteiger partial charge in [0.1, 0.15) is 6.04 Å². The molecule has 0 aromatic heterocycles. The van der Waals surface area contributed by atoms with Crippen molar-refractivity contribution in [1.29, 1.82) is 0 Å². The summed E-state index contributed by atoms with van der Waals surface area (Å²) >= 11 is 4.82. The maximum Gasteiger partial charge on any atom is 0.244 e. The van der Waals surface area contributed by atoms with Gasteiger partial charge >= 0.3 is 0 Å². The Labute approximate surface area is 100 Å². The molecule has 0 aliphatic carbocycles. The third kappa shape index (κ3) is 2.32. The van der Waals surface area contributed by atoms with Crippen LogP contribution in [-0.4, -0.2) is 41.3 Å². The van der Waals surface area contributed by atoms with Gasteiger partial charge in [0, 0.05) is 13.6 Å². The summed E-state index contributed by atoms with van der Waals surface area (Å²) in [5.41, 5.74) is 4.56. The Bertz CT molecular complexity index is 341. The van der Waals surface area contributed by atoms with Crippen molar-refractivity contribution >= 4 is 29.0 Å². The van der Waals surface area contributed by atoms with Gasteiger partial charge < -0.3 is 16.0 Å². The lowest BCUT2D eigenvalue weighted by atomic mass is 9.92. The molecule has 1 aliphatic rings. The SMILES string of the molecule is CN1CCC(NC(=O)C(C)(C)C(N)=S)C1=O. The van der Waals surface area contributed by atoms with Gasteiger partial charge in [-0.25, -0.2) is 0 Å². The first-order valence-electron chi connectivity index (χ1n) is 5.12. The summed E-state index contributed by atoms with van der Waals surface area (Å²) in [4.78, 5) is 25.2. The van der Waals surface area contributed by atoms with Crippen LogP contribution in [0.3, 0.4) is 0 Å². The molecule has 0 spiro atoms. The van der Waals surface area contributed by atoms with Gasteiger partial charge in [-0.05, 0) is 20.3 Å². The first kappa shape index (κ1) is 12.9. The molecule has 5 nitrogen and oxygen atoms in total. The van der Waals surface area contributed by atoms with Gasteiger partial charge in [0.25, 0.3) is 0 Å². The van der Waals surface area contributed by atoms with E-state index in [9.17, 15) is 9.59 Å². The molecule has 1 rings (SSSR count). The molecule has 0 saturated carbocycles. The Hall–Kier alpha value is -1.17. The van der Waals surface area contributed by atoms with Crippen molar-refractivity contribution in [3.63, 3.8) is 0 Å². The first-order chi connectivity index (χ1) is 7.26. The normalized spacial score (nSPS) is 21.1. The summed E-state index contributed by atoms with van der Waals surface area (Å²) in [6.07, 6.45) is 0.633. The largest absolute Gasteiger partial charge is 0.392 e. The highest BCUT2D eigenvalue weighted by atomic mass is 32.1. The van der Waals surface area contributed by atoms with E-state index in [1.807, 2.05) is 0 Å². The quantitative estimate of drug-likeness (QED) is 0.664. The molecule has 1 fully saturated rings. The highest BCUT2D eigenvalue weighted by Gasteiger charge is 2.36. The van der Waals surface area contributed by atoms with E-state index in [4.69, 9.17) is 18.0 Å². The molecule has 1 aliphatic heterocycles. The number of likely N-dealkylation sites (N-methyl/N-ethyl adjacent to an activating group) is 1. The van der Waals surface area contributed by atoms with E-state index in [2.05, 4.69) is 5.32 Å². The summed E-state index contributed by atoms with van der Waals surface area (Å²) in [6, 6.07) is -0.439. The van der Waals surface area contributed by atoms with E-state index < -0.39 is 11.5 Å². The highest BCUT2D eigenvalue weighted by molar-refractivity contribution is 7.80. The van der Waals surface area contributed by atoms with Crippen LogP contribution in [0.2, 0.25) is 0 Å². The van der Waals surface area contributed by atoms with Crippen LogP contribution in [0, 0.1) is 5.41 Å². The molecule has 0 bridgehead atoms. The summed E-state index contributed by atoms with van der Waals surface area (Å²) in [5, 5.41) is 2.68. The Morgan fingerprint density at radius 2 is 2.19 bits per heavy atom. The number of carbonyl (C=O) groups is 2. The predicted octanol–water partition coefficient (Wildman–Crippen LogP) is -0.354. The number of hydrogen-bond donors (Lipinski definition) is 2. The zero-order valence-electron chi connectivity index (χ0n) is 9.74. The lowest BCUT2D eigenvalue weighted by Gasteiger charge is -2.23. The van der Waals surface area contributed by atoms with Crippen molar-refractivity contribution in [2.45, 2.75) is 26.3 Å². The summed E-state index contributed by atoms with van der Waals surface area (Å²) < 4.78 is 0. The second kappa shape index (κ2) is 4.37. The van der Waals surface area contributed by atoms with Crippen LogP contribution in [0.1, 0.15) is 20.3 Å². The second-order valence-electron chi connectivity index (χ2n) is 4.56. The van der Waals surface area contributed by atoms with Crippen LogP contribution < -0.4 is 11.1 Å². The fourth-order valence-electron chi connectivity index (χ4n) is 1.41. The molecule has 0 radical (unpaired) electrons. The molecule has 6 heteroatoms. The summed E-state index contributed by atoms with van der Waals surface area (Å²) in [6.45, 7) is 3.96. The number of nitrogens with two attached hydrogens (primary N) is 1. The molecule has 16 heavy (non-hydrogen) atoms. The molecule has 1 saturated heterocycles. The van der Waals surface area contributed by atoms with Crippen LogP contribution in [0.15, 0.2) is 0 Å². The van der Waals surface area contributed by atoms with E-state index >= 15 is 0 Å². The fourth-order valence-corrected chi connectivity index (χ4v) is 1.50. The van der Waals surface area contributed by atoms with Crippen LogP contribution >= 0.6 is 12.2 Å². The zero-order chi connectivity index (χ0) is 12.5. The van der Waals surface area contributed by atoms with E-state index in [1.54, 1.807) is 25.8 Å². The summed E-state index contributed by atoms with van der Waals surface area (Å²) in [7, 11) is 1.72. The molecule has 2 amide bonds. The molecule has 0 aromatic carbocycles. The predicted molar refractivity (Wildman–Crippen MR) is 64.8 cm³/mol. The Balaban J connectivity index is 2.66. The van der Waals surface area contributed by atoms with Crippen molar-refractivity contribution in [1.82, 2.24) is 10.2 Å². The number of rotatable bonds is 3. The standard InChI is InChI=1S/C10H17N3O2S/c1-10(2,8(11)16)9(15)12-6-4-5-13(3)7(6)14/h6H,4-5H2,1-3H3,(H2,11,16)(H,12,15). The lowest BCUT2D eigenvalue weighted by Crippen LogP contribution is -2.50. The van der Waals surface area contributed by atoms with E-state index in [1.165, 1.54) is 0 Å². The van der Waals surface area contributed by atoms with Gasteiger partial charge in [0.05, 0.1) is 10.4 Å². The van der Waals surface area contributed by atoms with Crippen molar-refractivity contribution in [3.8, 4) is 0 Å². The lowest BCUT2D eigenvalue weighted by molar-refractivity contribution is -0.133. The number of amides is 2. The molecule has 0 aromatic rings. The van der Waals surface area contributed by atoms with Gasteiger partial charge in [0.15, 0.2) is 0 Å². The maximum absolute atomic E-state index is 11.9. The smallest absolute Gasteiger partial charge is 0.244 e. The Morgan fingerprint density at radius 1 is 1.62 bits per heavy atom. The second-order valence-corrected chi connectivity index (χ2v) is 5.00. The number of carbonyl (C=O) groups excluding carboxylic acids is 2. The van der Waals surface area contributed by atoms with Crippen molar-refractivity contribution in [2.75, 3.05) is 13.6 Å². The topological polar surface area (TPSA) is 75.4 Å². The minimum Gasteiger partial charge on any atom is -0.392 e. The van der Waals surface area contributed by atoms with Crippen LogP contribution in [0.25, 0.3) is 0 Å². The first-order valence-corrected chi connectivity index (χ1v) is 5.53. The van der Waals surface area contributed by atoms with Crippen molar-refractivity contribution in [3.05, 3.63) is 0 Å². The van der Waals surface area contributed by atoms with Crippen molar-refractivity contribution in [2.24, 2.45) is 11.1 Å². The van der Waals surface area contributed by atoms with Gasteiger partial charge in [-0.2, -0.15) is 0 Å². The van der Waals surface area contributed by atoms with E-state index in [0.29, 0.717) is 13.0 Å². The molecule has 1 heterocycles. The number of thiocarbonyl (C=S) groups is 1. The minimum atomic E-state index is -0.920. The van der Waals surface area contributed by atoms with E-state index in [0.717, 1.165) is 0 Å². The minimum absolute atomic E-state index is 0.0629. The number of nitrogens with one attached hydrogen (secondary N) is 1. The van der Waals surface area contributed by atoms with Gasteiger partial charge in [-0.1, -0.05) is 12.2 Å². The van der Waals surface area contributed by atoms with Gasteiger partial charge in [0.2, 0.25) is 11.8 Å². The molecular formula is C10H17N3O2S. The Morgan fingerprint density at radius 3 is 2.56 bits per heavy atom. The molecule has 3 N–H and O–H groups in total. The van der Waals surface area contributed by atoms with E-state index in [-0.39, 0.29) is 16.8 Å².